The molecule has 3 aromatic rings. The molecule has 6 aliphatic rings. The number of carbonyl (C=O) groups is 3. The lowest BCUT2D eigenvalue weighted by molar-refractivity contribution is -0.144. The van der Waals surface area contributed by atoms with Gasteiger partial charge in [0.25, 0.3) is 0 Å². The van der Waals surface area contributed by atoms with E-state index in [1.54, 1.807) is 12.0 Å². The van der Waals surface area contributed by atoms with Gasteiger partial charge in [-0.15, -0.1) is 0 Å². The van der Waals surface area contributed by atoms with Gasteiger partial charge in [-0.05, 0) is 120 Å². The summed E-state index contributed by atoms with van der Waals surface area (Å²) in [5.41, 5.74) is 11.7. The zero-order chi connectivity index (χ0) is 38.2. The molecule has 0 spiro atoms. The molecule has 3 aromatic carbocycles. The van der Waals surface area contributed by atoms with Crippen molar-refractivity contribution in [3.63, 3.8) is 0 Å². The molecule has 4 aliphatic heterocycles. The predicted molar refractivity (Wildman–Crippen MR) is 220 cm³/mol. The lowest BCUT2D eigenvalue weighted by Crippen LogP contribution is -2.53. The summed E-state index contributed by atoms with van der Waals surface area (Å²) in [7, 11) is 1.75. The van der Waals surface area contributed by atoms with E-state index in [9.17, 15) is 14.4 Å². The van der Waals surface area contributed by atoms with E-state index < -0.39 is 6.04 Å². The molecule has 0 saturated carbocycles. The van der Waals surface area contributed by atoms with Gasteiger partial charge in [0.15, 0.2) is 0 Å². The van der Waals surface area contributed by atoms with Crippen molar-refractivity contribution in [1.82, 2.24) is 20.0 Å². The largest absolute Gasteiger partial charge is 0.497 e. The number of nitrogens with one attached hydrogen (secondary N) is 1. The second-order valence-corrected chi connectivity index (χ2v) is 16.4. The Hall–Kier alpha value is -5.15. The van der Waals surface area contributed by atoms with Crippen LogP contribution in [0.15, 0.2) is 96.2 Å². The Kier molecular flexibility index (Phi) is 10.3. The lowest BCUT2D eigenvalue weighted by atomic mass is 9.87. The fraction of sp³-hybridized carbons (Fsp3) is 0.426. The predicted octanol–water partition coefficient (Wildman–Crippen LogP) is 6.30. The minimum Gasteiger partial charge on any atom is -0.497 e. The first-order chi connectivity index (χ1) is 27.4. The highest BCUT2D eigenvalue weighted by Crippen LogP contribution is 2.42. The van der Waals surface area contributed by atoms with Crippen molar-refractivity contribution in [3.8, 4) is 5.75 Å². The van der Waals surface area contributed by atoms with Crippen LogP contribution in [0.4, 0.5) is 5.69 Å². The Morgan fingerprint density at radius 1 is 0.786 bits per heavy atom. The topological polar surface area (TPSA) is 85.4 Å². The van der Waals surface area contributed by atoms with Gasteiger partial charge in [0.1, 0.15) is 11.8 Å². The normalized spacial score (nSPS) is 23.7. The number of hydrogen-bond acceptors (Lipinski definition) is 7. The number of hydrogen-bond donors (Lipinski definition) is 1. The first kappa shape index (κ1) is 36.5. The van der Waals surface area contributed by atoms with Crippen LogP contribution in [0.25, 0.3) is 11.1 Å². The smallest absolute Gasteiger partial charge is 0.249 e. The average Bonchev–Trinajstić information content (AvgIpc) is 3.43. The van der Waals surface area contributed by atoms with Gasteiger partial charge in [-0.3, -0.25) is 24.6 Å². The maximum absolute atomic E-state index is 13.2. The average molecular weight is 752 g/mol. The third kappa shape index (κ3) is 7.29. The summed E-state index contributed by atoms with van der Waals surface area (Å²) in [6.07, 6.45) is 11.4. The monoisotopic (exact) mass is 751 g/mol. The van der Waals surface area contributed by atoms with Crippen molar-refractivity contribution in [2.75, 3.05) is 64.4 Å². The summed E-state index contributed by atoms with van der Waals surface area (Å²) in [4.78, 5) is 46.8. The van der Waals surface area contributed by atoms with Crippen molar-refractivity contribution in [1.29, 1.82) is 0 Å². The number of carbonyl (C=O) groups excluding carboxylic acids is 3. The third-order valence-corrected chi connectivity index (χ3v) is 13.1. The molecule has 9 rings (SSSR count). The van der Waals surface area contributed by atoms with Gasteiger partial charge in [0, 0.05) is 70.2 Å². The number of fused-ring (bicyclic) bond motifs is 2. The van der Waals surface area contributed by atoms with Crippen LogP contribution in [0.5, 0.6) is 5.75 Å². The summed E-state index contributed by atoms with van der Waals surface area (Å²) in [6.45, 7) is 7.86. The van der Waals surface area contributed by atoms with E-state index >= 15 is 0 Å². The molecule has 4 fully saturated rings. The van der Waals surface area contributed by atoms with Gasteiger partial charge < -0.3 is 19.4 Å². The van der Waals surface area contributed by atoms with Crippen molar-refractivity contribution in [2.24, 2.45) is 11.8 Å². The van der Waals surface area contributed by atoms with Crippen molar-refractivity contribution >= 4 is 34.6 Å². The van der Waals surface area contributed by atoms with Crippen molar-refractivity contribution in [2.45, 2.75) is 57.4 Å². The number of piperazine rings is 1. The zero-order valence-electron chi connectivity index (χ0n) is 32.6. The van der Waals surface area contributed by atoms with E-state index in [0.29, 0.717) is 25.3 Å². The van der Waals surface area contributed by atoms with E-state index in [-0.39, 0.29) is 30.1 Å². The van der Waals surface area contributed by atoms with Crippen LogP contribution in [0.1, 0.15) is 67.2 Å². The summed E-state index contributed by atoms with van der Waals surface area (Å²) >= 11 is 0. The van der Waals surface area contributed by atoms with Crippen molar-refractivity contribution < 1.29 is 19.1 Å². The molecular weight excluding hydrogens is 699 g/mol. The van der Waals surface area contributed by atoms with Crippen LogP contribution in [-0.2, 0) is 20.8 Å². The second kappa shape index (κ2) is 15.8. The van der Waals surface area contributed by atoms with Crippen LogP contribution in [0.3, 0.4) is 0 Å². The van der Waals surface area contributed by atoms with E-state index in [0.717, 1.165) is 76.4 Å². The van der Waals surface area contributed by atoms with Crippen molar-refractivity contribution in [3.05, 3.63) is 118 Å². The molecule has 1 N–H and O–H groups in total. The highest BCUT2D eigenvalue weighted by molar-refractivity contribution is 6.03. The van der Waals surface area contributed by atoms with E-state index in [1.165, 1.54) is 57.6 Å². The molecule has 2 atom stereocenters. The number of methoxy groups -OCH3 is 1. The molecule has 56 heavy (non-hydrogen) atoms. The molecular formula is C47H53N5O4. The molecule has 2 unspecified atom stereocenters. The number of rotatable bonds is 8. The number of amides is 3. The van der Waals surface area contributed by atoms with Gasteiger partial charge in [0.2, 0.25) is 17.7 Å². The number of nitrogens with zero attached hydrogens (tertiary/aromatic N) is 4. The fourth-order valence-corrected chi connectivity index (χ4v) is 10.0. The van der Waals surface area contributed by atoms with E-state index in [4.69, 9.17) is 4.74 Å². The van der Waals surface area contributed by atoms with Crippen LogP contribution in [-0.4, -0.2) is 97.9 Å². The number of benzene rings is 3. The van der Waals surface area contributed by atoms with Crippen LogP contribution >= 0.6 is 0 Å². The van der Waals surface area contributed by atoms with Gasteiger partial charge in [0.05, 0.1) is 13.0 Å². The number of piperidine rings is 2. The highest BCUT2D eigenvalue weighted by atomic mass is 16.5. The summed E-state index contributed by atoms with van der Waals surface area (Å²) < 4.78 is 5.61. The molecule has 0 radical (unpaired) electrons. The Morgan fingerprint density at radius 3 is 2.32 bits per heavy atom. The summed E-state index contributed by atoms with van der Waals surface area (Å²) in [6, 6.07) is 26.3. The number of likely N-dealkylation sites (tertiary alicyclic amines) is 1. The SMILES string of the molecule is COc1ccc2c(c1)CCCC(c1ccccc1)=C2c1ccc(N2CCC(CN3CCN(C4=CCC5C(=O)N(C6CCC(=O)NC6=O)CC5=C4)CC3)CC2)cc1. The van der Waals surface area contributed by atoms with Crippen LogP contribution < -0.4 is 15.0 Å². The first-order valence-electron chi connectivity index (χ1n) is 20.7. The van der Waals surface area contributed by atoms with Gasteiger partial charge >= 0.3 is 0 Å². The van der Waals surface area contributed by atoms with Crippen LogP contribution in [0.2, 0.25) is 0 Å². The maximum atomic E-state index is 13.2. The molecule has 0 bridgehead atoms. The fourth-order valence-electron chi connectivity index (χ4n) is 10.0. The molecule has 3 amide bonds. The minimum absolute atomic E-state index is 0.0200. The first-order valence-corrected chi connectivity index (χ1v) is 20.7. The summed E-state index contributed by atoms with van der Waals surface area (Å²) in [5, 5.41) is 2.41. The Bertz CT molecular complexity index is 2070. The Balaban J connectivity index is 0.793. The lowest BCUT2D eigenvalue weighted by Gasteiger charge is -2.40. The maximum Gasteiger partial charge on any atom is 0.249 e. The number of aryl methyl sites for hydroxylation is 1. The number of anilines is 1. The van der Waals surface area contributed by atoms with E-state index in [1.807, 2.05) is 0 Å². The van der Waals surface area contributed by atoms with E-state index in [2.05, 4.69) is 105 Å². The van der Waals surface area contributed by atoms with Gasteiger partial charge in [-0.2, -0.15) is 0 Å². The van der Waals surface area contributed by atoms with Crippen LogP contribution in [0, 0.1) is 11.8 Å². The minimum atomic E-state index is -0.543. The number of ether oxygens (including phenoxy) is 1. The molecule has 2 aliphatic carbocycles. The molecule has 4 saturated heterocycles. The number of allylic oxidation sites excluding steroid dienone is 3. The molecule has 9 heteroatoms. The molecule has 4 heterocycles. The second-order valence-electron chi connectivity index (χ2n) is 16.4. The molecule has 9 nitrogen and oxygen atoms in total. The Labute approximate surface area is 330 Å². The highest BCUT2D eigenvalue weighted by Gasteiger charge is 2.44. The Morgan fingerprint density at radius 2 is 1.57 bits per heavy atom. The third-order valence-electron chi connectivity index (χ3n) is 13.1. The quantitative estimate of drug-likeness (QED) is 0.271. The zero-order valence-corrected chi connectivity index (χ0v) is 32.6. The summed E-state index contributed by atoms with van der Waals surface area (Å²) in [5.74, 6) is 0.878. The van der Waals surface area contributed by atoms with Gasteiger partial charge in [-0.25, -0.2) is 0 Å². The molecule has 290 valence electrons. The van der Waals surface area contributed by atoms with Gasteiger partial charge in [-0.1, -0.05) is 54.6 Å². The molecule has 0 aromatic heterocycles. The standard InChI is InChI=1S/C47H53N5O4/c1-56-39-15-17-41-35(29-39)8-5-9-40(33-6-3-2-4-7-33)45(41)34-10-12-37(13-11-34)50-22-20-32(21-23-50)30-49-24-26-51(27-25-49)38-14-16-42-36(28-38)31-52(47(42)55)43-18-19-44(53)48-46(43)54/h2-4,6-7,10-15,17,28-29,32,42-43H,5,8-9,16,18-27,30-31H2,1H3,(H,48,53,54). The number of imide groups is 1.